The summed E-state index contributed by atoms with van der Waals surface area (Å²) >= 11 is 0. The fourth-order valence-electron chi connectivity index (χ4n) is 8.21. The third kappa shape index (κ3) is 4.28. The van der Waals surface area contributed by atoms with Crippen molar-refractivity contribution in [2.24, 2.45) is 0 Å². The van der Waals surface area contributed by atoms with Crippen molar-refractivity contribution >= 4 is 76.7 Å². The molecule has 6 nitrogen and oxygen atoms in total. The first-order valence-corrected chi connectivity index (χ1v) is 18.1. The van der Waals surface area contributed by atoms with Crippen molar-refractivity contribution in [2.75, 3.05) is 0 Å². The van der Waals surface area contributed by atoms with E-state index in [0.29, 0.717) is 0 Å². The molecule has 0 aliphatic heterocycles. The number of para-hydroxylation sites is 6. The van der Waals surface area contributed by atoms with Crippen molar-refractivity contribution in [1.29, 1.82) is 0 Å². The molecule has 0 N–H and O–H groups in total. The zero-order valence-corrected chi connectivity index (χ0v) is 28.8. The summed E-state index contributed by atoms with van der Waals surface area (Å²) in [7, 11) is 0. The molecule has 0 bridgehead atoms. The van der Waals surface area contributed by atoms with Crippen LogP contribution in [-0.2, 0) is 0 Å². The molecule has 0 amide bonds. The SMILES string of the molecule is c1ccc2c(c1)nc(-c1ccc3cc(-c4ccc5cc(-c6nc7ccccc7c7nc8ccccc8n67)ccc5c4)ccc3c1)n1c3ccccc3nc21. The Hall–Kier alpha value is -7.44. The second kappa shape index (κ2) is 11.0. The second-order valence-corrected chi connectivity index (χ2v) is 14.0. The third-order valence-electron chi connectivity index (χ3n) is 10.8. The molecular formula is C48H28N6. The van der Waals surface area contributed by atoms with Gasteiger partial charge in [-0.3, -0.25) is 8.80 Å². The van der Waals surface area contributed by atoms with Crippen LogP contribution in [0.1, 0.15) is 0 Å². The van der Waals surface area contributed by atoms with Crippen LogP contribution in [0.2, 0.25) is 0 Å². The minimum Gasteiger partial charge on any atom is -0.276 e. The Morgan fingerprint density at radius 2 is 0.648 bits per heavy atom. The number of benzene rings is 8. The van der Waals surface area contributed by atoms with E-state index in [4.69, 9.17) is 19.9 Å². The molecule has 4 heterocycles. The summed E-state index contributed by atoms with van der Waals surface area (Å²) in [6.45, 7) is 0. The summed E-state index contributed by atoms with van der Waals surface area (Å²) in [5, 5.41) is 6.77. The molecule has 0 radical (unpaired) electrons. The maximum absolute atomic E-state index is 5.18. The molecule has 6 heteroatoms. The molecule has 12 aromatic rings. The smallest absolute Gasteiger partial charge is 0.149 e. The van der Waals surface area contributed by atoms with Crippen molar-refractivity contribution in [3.63, 3.8) is 0 Å². The summed E-state index contributed by atoms with van der Waals surface area (Å²) in [5.74, 6) is 1.77. The number of hydrogen-bond acceptors (Lipinski definition) is 4. The van der Waals surface area contributed by atoms with E-state index in [9.17, 15) is 0 Å². The van der Waals surface area contributed by atoms with Crippen molar-refractivity contribution in [2.45, 2.75) is 0 Å². The Balaban J connectivity index is 0.941. The fraction of sp³-hybridized carbons (Fsp3) is 0. The summed E-state index contributed by atoms with van der Waals surface area (Å²) in [6, 6.07) is 59.8. The summed E-state index contributed by atoms with van der Waals surface area (Å²) in [5.41, 5.74) is 12.2. The van der Waals surface area contributed by atoms with Gasteiger partial charge in [0.1, 0.15) is 22.9 Å². The van der Waals surface area contributed by atoms with Crippen LogP contribution in [0.15, 0.2) is 170 Å². The van der Waals surface area contributed by atoms with Crippen LogP contribution in [-0.4, -0.2) is 28.7 Å². The van der Waals surface area contributed by atoms with E-state index in [1.54, 1.807) is 0 Å². The lowest BCUT2D eigenvalue weighted by molar-refractivity contribution is 1.16. The van der Waals surface area contributed by atoms with Crippen LogP contribution >= 0.6 is 0 Å². The van der Waals surface area contributed by atoms with Gasteiger partial charge < -0.3 is 0 Å². The summed E-state index contributed by atoms with van der Waals surface area (Å²) in [6.07, 6.45) is 0. The monoisotopic (exact) mass is 688 g/mol. The average Bonchev–Trinajstić information content (AvgIpc) is 3.82. The minimum atomic E-state index is 0.887. The third-order valence-corrected chi connectivity index (χ3v) is 10.8. The van der Waals surface area contributed by atoms with Gasteiger partial charge in [-0.2, -0.15) is 0 Å². The van der Waals surface area contributed by atoms with Crippen LogP contribution in [0.4, 0.5) is 0 Å². The first-order chi connectivity index (χ1) is 26.7. The molecular weight excluding hydrogens is 661 g/mol. The lowest BCUT2D eigenvalue weighted by atomic mass is 9.97. The quantitative estimate of drug-likeness (QED) is 0.185. The highest BCUT2D eigenvalue weighted by Gasteiger charge is 2.17. The van der Waals surface area contributed by atoms with E-state index in [1.165, 1.54) is 21.9 Å². The highest BCUT2D eigenvalue weighted by molar-refractivity contribution is 6.01. The van der Waals surface area contributed by atoms with E-state index >= 15 is 0 Å². The van der Waals surface area contributed by atoms with Crippen molar-refractivity contribution in [1.82, 2.24) is 28.7 Å². The number of nitrogens with zero attached hydrogens (tertiary/aromatic N) is 6. The summed E-state index contributed by atoms with van der Waals surface area (Å²) in [4.78, 5) is 20.4. The zero-order chi connectivity index (χ0) is 35.3. The second-order valence-electron chi connectivity index (χ2n) is 14.0. The topological polar surface area (TPSA) is 60.4 Å². The van der Waals surface area contributed by atoms with Gasteiger partial charge in [0.05, 0.1) is 33.1 Å². The van der Waals surface area contributed by atoms with Gasteiger partial charge in [0.2, 0.25) is 0 Å². The van der Waals surface area contributed by atoms with Crippen LogP contribution in [0.3, 0.4) is 0 Å². The van der Waals surface area contributed by atoms with Crippen molar-refractivity contribution < 1.29 is 0 Å². The highest BCUT2D eigenvalue weighted by atomic mass is 15.1. The van der Waals surface area contributed by atoms with E-state index in [1.807, 2.05) is 36.4 Å². The lowest BCUT2D eigenvalue weighted by Gasteiger charge is -2.12. The Morgan fingerprint density at radius 3 is 1.09 bits per heavy atom. The molecule has 4 aromatic heterocycles. The molecule has 0 fully saturated rings. The van der Waals surface area contributed by atoms with E-state index < -0.39 is 0 Å². The van der Waals surface area contributed by atoms with E-state index in [-0.39, 0.29) is 0 Å². The Bertz CT molecular complexity index is 3290. The predicted molar refractivity (Wildman–Crippen MR) is 221 cm³/mol. The zero-order valence-electron chi connectivity index (χ0n) is 28.8. The predicted octanol–water partition coefficient (Wildman–Crippen LogP) is 11.7. The molecule has 0 atom stereocenters. The van der Waals surface area contributed by atoms with E-state index in [2.05, 4.69) is 142 Å². The molecule has 54 heavy (non-hydrogen) atoms. The maximum atomic E-state index is 5.18. The molecule has 0 saturated heterocycles. The van der Waals surface area contributed by atoms with Crippen molar-refractivity contribution in [3.05, 3.63) is 170 Å². The van der Waals surface area contributed by atoms with Gasteiger partial charge in [-0.05, 0) is 105 Å². The normalized spacial score (nSPS) is 12.1. The first kappa shape index (κ1) is 29.2. The maximum Gasteiger partial charge on any atom is 0.149 e. The number of hydrogen-bond donors (Lipinski definition) is 0. The molecule has 8 aromatic carbocycles. The molecule has 0 unspecified atom stereocenters. The van der Waals surface area contributed by atoms with Gasteiger partial charge in [0.25, 0.3) is 0 Å². The molecule has 12 rings (SSSR count). The van der Waals surface area contributed by atoms with Crippen molar-refractivity contribution in [3.8, 4) is 33.9 Å². The molecule has 0 aliphatic rings. The van der Waals surface area contributed by atoms with Gasteiger partial charge in [-0.25, -0.2) is 19.9 Å². The number of aromatic nitrogens is 6. The molecule has 0 saturated carbocycles. The van der Waals surface area contributed by atoms with Gasteiger partial charge in [0, 0.05) is 21.9 Å². The number of fused-ring (bicyclic) bond motifs is 12. The van der Waals surface area contributed by atoms with Gasteiger partial charge in [-0.1, -0.05) is 97.1 Å². The standard InChI is InChI=1S/C48H28N6/c1-3-11-39-37(9-1)47-51-41-13-5-7-15-43(41)53(47)45(49-39)35-23-21-31-25-29(17-19-33(31)27-35)30-18-20-34-28-36(24-22-32(34)26-30)46-50-40-12-4-2-10-38(40)48-52-42-14-6-8-16-44(42)54(46)48/h1-28H. The van der Waals surface area contributed by atoms with Crippen LogP contribution in [0.25, 0.3) is 111 Å². The Labute approximate surface area is 308 Å². The average molecular weight is 689 g/mol. The highest BCUT2D eigenvalue weighted by Crippen LogP contribution is 2.35. The van der Waals surface area contributed by atoms with Crippen LogP contribution in [0.5, 0.6) is 0 Å². The van der Waals surface area contributed by atoms with Crippen LogP contribution in [0, 0.1) is 0 Å². The number of rotatable bonds is 3. The molecule has 0 spiro atoms. The lowest BCUT2D eigenvalue weighted by Crippen LogP contribution is -1.98. The largest absolute Gasteiger partial charge is 0.276 e. The molecule has 250 valence electrons. The Morgan fingerprint density at radius 1 is 0.296 bits per heavy atom. The van der Waals surface area contributed by atoms with E-state index in [0.717, 1.165) is 88.7 Å². The van der Waals surface area contributed by atoms with Gasteiger partial charge in [0.15, 0.2) is 0 Å². The van der Waals surface area contributed by atoms with Gasteiger partial charge in [-0.15, -0.1) is 0 Å². The molecule has 0 aliphatic carbocycles. The van der Waals surface area contributed by atoms with Gasteiger partial charge >= 0.3 is 0 Å². The summed E-state index contributed by atoms with van der Waals surface area (Å²) < 4.78 is 4.40. The fourth-order valence-corrected chi connectivity index (χ4v) is 8.21. The minimum absolute atomic E-state index is 0.887. The number of imidazole rings is 2. The first-order valence-electron chi connectivity index (χ1n) is 18.1. The van der Waals surface area contributed by atoms with Crippen LogP contribution < -0.4 is 0 Å². The Kier molecular flexibility index (Phi) is 5.96.